The number of hydrogen-bond donors (Lipinski definition) is 0. The molecule has 0 fully saturated rings. The molecule has 61 heavy (non-hydrogen) atoms. The molecule has 0 saturated carbocycles. The average Bonchev–Trinajstić information content (AvgIpc) is 3.73. The van der Waals surface area contributed by atoms with Crippen LogP contribution < -0.4 is 0 Å². The minimum absolute atomic E-state index is 0.644. The Morgan fingerprint density at radius 3 is 1.66 bits per heavy atom. The molecule has 4 heteroatoms. The first kappa shape index (κ1) is 35.2. The van der Waals surface area contributed by atoms with E-state index in [4.69, 9.17) is 15.0 Å². The van der Waals surface area contributed by atoms with Crippen molar-refractivity contribution in [1.82, 2.24) is 15.0 Å². The molecule has 0 N–H and O–H groups in total. The SMILES string of the molecule is c1ccc(-c2ccc(-c3ccc4cc(-c5ccc6ccccc6c5-c5nc(-c6ccccc6)nc(-c6cccc7c6sc6ccccc67)n5)c5ccccc5c4c3)cc2)cc1. The second-order valence-corrected chi connectivity index (χ2v) is 16.6. The van der Waals surface area contributed by atoms with Crippen molar-refractivity contribution >= 4 is 63.8 Å². The summed E-state index contributed by atoms with van der Waals surface area (Å²) in [5, 5.41) is 9.45. The molecule has 0 unspecified atom stereocenters. The van der Waals surface area contributed by atoms with Crippen LogP contribution in [0.4, 0.5) is 0 Å². The van der Waals surface area contributed by atoms with Crippen LogP contribution in [0.15, 0.2) is 212 Å². The first-order valence-corrected chi connectivity index (χ1v) is 21.4. The molecule has 0 aliphatic heterocycles. The van der Waals surface area contributed by atoms with Gasteiger partial charge in [0.05, 0.1) is 0 Å². The molecule has 10 aromatic carbocycles. The summed E-state index contributed by atoms with van der Waals surface area (Å²) < 4.78 is 2.42. The molecule has 0 amide bonds. The number of aromatic nitrogens is 3. The van der Waals surface area contributed by atoms with Crippen molar-refractivity contribution in [2.45, 2.75) is 0 Å². The number of fused-ring (bicyclic) bond motifs is 7. The van der Waals surface area contributed by atoms with E-state index < -0.39 is 0 Å². The zero-order valence-corrected chi connectivity index (χ0v) is 33.8. The molecule has 0 aliphatic carbocycles. The zero-order valence-electron chi connectivity index (χ0n) is 33.0. The van der Waals surface area contributed by atoms with Gasteiger partial charge in [-0.2, -0.15) is 0 Å². The maximum Gasteiger partial charge on any atom is 0.165 e. The summed E-state index contributed by atoms with van der Waals surface area (Å²) in [6.07, 6.45) is 0. The first-order chi connectivity index (χ1) is 30.2. The van der Waals surface area contributed by atoms with E-state index in [1.54, 1.807) is 11.3 Å². The van der Waals surface area contributed by atoms with Crippen LogP contribution >= 0.6 is 11.3 Å². The minimum atomic E-state index is 0.644. The van der Waals surface area contributed by atoms with Gasteiger partial charge in [0, 0.05) is 36.9 Å². The van der Waals surface area contributed by atoms with Crippen LogP contribution in [0.5, 0.6) is 0 Å². The fourth-order valence-electron chi connectivity index (χ4n) is 8.97. The fraction of sp³-hybridized carbons (Fsp3) is 0. The van der Waals surface area contributed by atoms with Crippen molar-refractivity contribution < 1.29 is 0 Å². The van der Waals surface area contributed by atoms with Gasteiger partial charge in [0.25, 0.3) is 0 Å². The van der Waals surface area contributed by atoms with E-state index in [0.29, 0.717) is 17.5 Å². The lowest BCUT2D eigenvalue weighted by Gasteiger charge is -2.18. The lowest BCUT2D eigenvalue weighted by atomic mass is 9.87. The smallest absolute Gasteiger partial charge is 0.165 e. The number of nitrogens with zero attached hydrogens (tertiary/aromatic N) is 3. The van der Waals surface area contributed by atoms with Gasteiger partial charge in [0.15, 0.2) is 17.5 Å². The van der Waals surface area contributed by atoms with Crippen molar-refractivity contribution in [3.63, 3.8) is 0 Å². The fourth-order valence-corrected chi connectivity index (χ4v) is 10.2. The Bertz CT molecular complexity index is 3630. The van der Waals surface area contributed by atoms with Crippen LogP contribution in [0.2, 0.25) is 0 Å². The largest absolute Gasteiger partial charge is 0.208 e. The van der Waals surface area contributed by atoms with Gasteiger partial charge in [-0.25, -0.2) is 15.0 Å². The van der Waals surface area contributed by atoms with Gasteiger partial charge in [0.2, 0.25) is 0 Å². The molecule has 3 nitrogen and oxygen atoms in total. The lowest BCUT2D eigenvalue weighted by Crippen LogP contribution is -2.02. The highest BCUT2D eigenvalue weighted by atomic mass is 32.1. The van der Waals surface area contributed by atoms with Gasteiger partial charge in [0.1, 0.15) is 0 Å². The van der Waals surface area contributed by atoms with E-state index in [1.807, 2.05) is 18.2 Å². The third kappa shape index (κ3) is 6.07. The quantitative estimate of drug-likeness (QED) is 0.157. The third-order valence-electron chi connectivity index (χ3n) is 11.9. The van der Waals surface area contributed by atoms with E-state index in [-0.39, 0.29) is 0 Å². The number of hydrogen-bond acceptors (Lipinski definition) is 4. The van der Waals surface area contributed by atoms with Crippen LogP contribution in [-0.2, 0) is 0 Å². The Balaban J connectivity index is 1.08. The highest BCUT2D eigenvalue weighted by Gasteiger charge is 2.22. The van der Waals surface area contributed by atoms with Gasteiger partial charge >= 0.3 is 0 Å². The minimum Gasteiger partial charge on any atom is -0.208 e. The van der Waals surface area contributed by atoms with Gasteiger partial charge in [-0.1, -0.05) is 188 Å². The normalized spacial score (nSPS) is 11.6. The third-order valence-corrected chi connectivity index (χ3v) is 13.2. The molecule has 2 heterocycles. The van der Waals surface area contributed by atoms with Crippen molar-refractivity contribution in [2.75, 3.05) is 0 Å². The van der Waals surface area contributed by atoms with E-state index >= 15 is 0 Å². The predicted octanol–water partition coefficient (Wildman–Crippen LogP) is 15.7. The van der Waals surface area contributed by atoms with Gasteiger partial charge in [-0.05, 0) is 90.0 Å². The summed E-state index contributed by atoms with van der Waals surface area (Å²) in [6.45, 7) is 0. The second kappa shape index (κ2) is 14.5. The van der Waals surface area contributed by atoms with Crippen LogP contribution in [0, 0.1) is 0 Å². The van der Waals surface area contributed by atoms with Crippen molar-refractivity contribution in [1.29, 1.82) is 0 Å². The Kier molecular flexibility index (Phi) is 8.36. The first-order valence-electron chi connectivity index (χ1n) is 20.6. The summed E-state index contributed by atoms with van der Waals surface area (Å²) in [6, 6.07) is 75.9. The second-order valence-electron chi connectivity index (χ2n) is 15.5. The maximum atomic E-state index is 5.45. The molecule has 12 rings (SSSR count). The summed E-state index contributed by atoms with van der Waals surface area (Å²) in [7, 11) is 0. The molecule has 12 aromatic rings. The van der Waals surface area contributed by atoms with Crippen LogP contribution in [0.25, 0.3) is 120 Å². The van der Waals surface area contributed by atoms with E-state index in [2.05, 4.69) is 194 Å². The van der Waals surface area contributed by atoms with Gasteiger partial charge in [-0.3, -0.25) is 0 Å². The van der Waals surface area contributed by atoms with E-state index in [1.165, 1.54) is 64.0 Å². The molecular weight excluding hydrogens is 759 g/mol. The summed E-state index contributed by atoms with van der Waals surface area (Å²) in [5.74, 6) is 1.95. The molecule has 0 aliphatic rings. The monoisotopic (exact) mass is 793 g/mol. The van der Waals surface area contributed by atoms with Crippen LogP contribution in [0.3, 0.4) is 0 Å². The molecule has 0 atom stereocenters. The number of rotatable bonds is 6. The van der Waals surface area contributed by atoms with Crippen molar-refractivity contribution in [2.24, 2.45) is 0 Å². The molecule has 2 aromatic heterocycles. The molecule has 0 saturated heterocycles. The summed E-state index contributed by atoms with van der Waals surface area (Å²) in [5.41, 5.74) is 9.97. The lowest BCUT2D eigenvalue weighted by molar-refractivity contribution is 1.08. The Hall–Kier alpha value is -7.79. The molecule has 284 valence electrons. The van der Waals surface area contributed by atoms with E-state index in [9.17, 15) is 0 Å². The van der Waals surface area contributed by atoms with E-state index in [0.717, 1.165) is 38.6 Å². The molecule has 0 radical (unpaired) electrons. The van der Waals surface area contributed by atoms with Crippen LogP contribution in [-0.4, -0.2) is 15.0 Å². The number of benzene rings is 10. The standard InChI is InChI=1S/C57H35N3S/c1-3-14-36(15-4-1)37-26-28-38(29-27-37)41-30-31-42-35-51(45-21-10-9-20-44(45)50(42)34-41)47-33-32-39-16-7-8-19-43(39)53(47)57-59-55(40-17-5-2-6-18-40)58-56(60-57)49-24-13-23-48-46-22-11-12-25-52(46)61-54(48)49/h1-35H. The highest BCUT2D eigenvalue weighted by molar-refractivity contribution is 7.26. The Morgan fingerprint density at radius 1 is 0.279 bits per heavy atom. The zero-order chi connectivity index (χ0) is 40.3. The summed E-state index contributed by atoms with van der Waals surface area (Å²) >= 11 is 1.79. The van der Waals surface area contributed by atoms with Crippen molar-refractivity contribution in [3.8, 4) is 67.5 Å². The highest BCUT2D eigenvalue weighted by Crippen LogP contribution is 2.44. The van der Waals surface area contributed by atoms with Gasteiger partial charge in [-0.15, -0.1) is 11.3 Å². The molecular formula is C57H35N3S. The topological polar surface area (TPSA) is 38.7 Å². The Morgan fingerprint density at radius 2 is 0.852 bits per heavy atom. The average molecular weight is 794 g/mol. The van der Waals surface area contributed by atoms with Crippen LogP contribution in [0.1, 0.15) is 0 Å². The Labute approximate surface area is 356 Å². The molecule has 0 bridgehead atoms. The van der Waals surface area contributed by atoms with Crippen molar-refractivity contribution in [3.05, 3.63) is 212 Å². The molecule has 0 spiro atoms. The van der Waals surface area contributed by atoms with Gasteiger partial charge < -0.3 is 0 Å². The predicted molar refractivity (Wildman–Crippen MR) is 258 cm³/mol. The maximum absolute atomic E-state index is 5.45. The number of thiophene rings is 1. The summed E-state index contributed by atoms with van der Waals surface area (Å²) in [4.78, 5) is 16.0.